The third-order valence-corrected chi connectivity index (χ3v) is 4.57. The summed E-state index contributed by atoms with van der Waals surface area (Å²) in [5, 5.41) is 3.15. The van der Waals surface area contributed by atoms with E-state index in [0.29, 0.717) is 6.04 Å². The molecular formula is C20H31NO2. The van der Waals surface area contributed by atoms with Crippen molar-refractivity contribution in [2.24, 2.45) is 0 Å². The standard InChI is InChI=1S/C20H31NO2/c1-2-3-4-5-9-16-23-19-14-12-17(13-15-19)20(22)21-18-10-7-6-8-11-18/h12-15,18H,2-11,16H2,1H3,(H,21,22). The Morgan fingerprint density at radius 2 is 1.74 bits per heavy atom. The molecule has 1 N–H and O–H groups in total. The van der Waals surface area contributed by atoms with Gasteiger partial charge in [-0.05, 0) is 43.5 Å². The van der Waals surface area contributed by atoms with E-state index in [1.54, 1.807) is 0 Å². The van der Waals surface area contributed by atoms with Crippen molar-refractivity contribution in [1.82, 2.24) is 5.32 Å². The van der Waals surface area contributed by atoms with Crippen molar-refractivity contribution in [3.63, 3.8) is 0 Å². The Bertz CT molecular complexity index is 449. The molecule has 1 aromatic rings. The third-order valence-electron chi connectivity index (χ3n) is 4.57. The van der Waals surface area contributed by atoms with Gasteiger partial charge in [0.05, 0.1) is 6.61 Å². The molecule has 3 nitrogen and oxygen atoms in total. The Labute approximate surface area is 140 Å². The van der Waals surface area contributed by atoms with E-state index < -0.39 is 0 Å². The molecule has 1 aromatic carbocycles. The number of benzene rings is 1. The monoisotopic (exact) mass is 317 g/mol. The summed E-state index contributed by atoms with van der Waals surface area (Å²) in [7, 11) is 0. The van der Waals surface area contributed by atoms with Crippen LogP contribution < -0.4 is 10.1 Å². The highest BCUT2D eigenvalue weighted by molar-refractivity contribution is 5.94. The topological polar surface area (TPSA) is 38.3 Å². The fraction of sp³-hybridized carbons (Fsp3) is 0.650. The molecule has 1 saturated carbocycles. The van der Waals surface area contributed by atoms with Gasteiger partial charge in [0.15, 0.2) is 0 Å². The van der Waals surface area contributed by atoms with Gasteiger partial charge in [0, 0.05) is 11.6 Å². The molecule has 1 amide bonds. The highest BCUT2D eigenvalue weighted by Gasteiger charge is 2.16. The van der Waals surface area contributed by atoms with Gasteiger partial charge < -0.3 is 10.1 Å². The molecule has 2 rings (SSSR count). The number of hydrogen-bond donors (Lipinski definition) is 1. The quantitative estimate of drug-likeness (QED) is 0.644. The number of nitrogens with one attached hydrogen (secondary N) is 1. The largest absolute Gasteiger partial charge is 0.494 e. The predicted octanol–water partition coefficient (Wildman–Crippen LogP) is 5.10. The van der Waals surface area contributed by atoms with Crippen LogP contribution in [0, 0.1) is 0 Å². The van der Waals surface area contributed by atoms with Crippen molar-refractivity contribution in [3.8, 4) is 5.75 Å². The maximum Gasteiger partial charge on any atom is 0.251 e. The minimum absolute atomic E-state index is 0.0445. The number of hydrogen-bond acceptors (Lipinski definition) is 2. The van der Waals surface area contributed by atoms with Crippen LogP contribution >= 0.6 is 0 Å². The van der Waals surface area contributed by atoms with E-state index >= 15 is 0 Å². The summed E-state index contributed by atoms with van der Waals surface area (Å²) in [4.78, 5) is 12.2. The van der Waals surface area contributed by atoms with Gasteiger partial charge in [-0.2, -0.15) is 0 Å². The van der Waals surface area contributed by atoms with Crippen LogP contribution in [0.4, 0.5) is 0 Å². The lowest BCUT2D eigenvalue weighted by Crippen LogP contribution is -2.36. The Balaban J connectivity index is 1.69. The molecule has 3 heteroatoms. The number of carbonyl (C=O) groups is 1. The number of ether oxygens (including phenoxy) is 1. The SMILES string of the molecule is CCCCCCCOc1ccc(C(=O)NC2CCCCC2)cc1. The van der Waals surface area contributed by atoms with Crippen LogP contribution in [0.25, 0.3) is 0 Å². The van der Waals surface area contributed by atoms with Gasteiger partial charge >= 0.3 is 0 Å². The highest BCUT2D eigenvalue weighted by Crippen LogP contribution is 2.18. The fourth-order valence-electron chi connectivity index (χ4n) is 3.11. The van der Waals surface area contributed by atoms with Gasteiger partial charge in [0.1, 0.15) is 5.75 Å². The van der Waals surface area contributed by atoms with Gasteiger partial charge in [0.2, 0.25) is 0 Å². The molecule has 0 bridgehead atoms. The Morgan fingerprint density at radius 1 is 1.04 bits per heavy atom. The Kier molecular flexibility index (Phi) is 7.99. The first-order valence-electron chi connectivity index (χ1n) is 9.33. The van der Waals surface area contributed by atoms with Crippen LogP contribution in [-0.4, -0.2) is 18.6 Å². The van der Waals surface area contributed by atoms with E-state index in [2.05, 4.69) is 12.2 Å². The number of amides is 1. The molecule has 0 aliphatic heterocycles. The van der Waals surface area contributed by atoms with Crippen LogP contribution in [0.15, 0.2) is 24.3 Å². The molecule has 0 saturated heterocycles. The fourth-order valence-corrected chi connectivity index (χ4v) is 3.11. The van der Waals surface area contributed by atoms with Crippen molar-refractivity contribution in [2.45, 2.75) is 77.2 Å². The van der Waals surface area contributed by atoms with Gasteiger partial charge in [-0.15, -0.1) is 0 Å². The molecule has 1 aliphatic carbocycles. The first kappa shape index (κ1) is 17.8. The second-order valence-corrected chi connectivity index (χ2v) is 6.60. The second kappa shape index (κ2) is 10.3. The summed E-state index contributed by atoms with van der Waals surface area (Å²) in [6.45, 7) is 2.99. The van der Waals surface area contributed by atoms with Crippen LogP contribution in [0.2, 0.25) is 0 Å². The van der Waals surface area contributed by atoms with Gasteiger partial charge in [-0.1, -0.05) is 51.9 Å². The average Bonchev–Trinajstić information content (AvgIpc) is 2.59. The van der Waals surface area contributed by atoms with Crippen molar-refractivity contribution in [3.05, 3.63) is 29.8 Å². The molecule has 0 atom stereocenters. The summed E-state index contributed by atoms with van der Waals surface area (Å²) in [6.07, 6.45) is 12.2. The summed E-state index contributed by atoms with van der Waals surface area (Å²) in [5.41, 5.74) is 0.728. The molecule has 23 heavy (non-hydrogen) atoms. The lowest BCUT2D eigenvalue weighted by atomic mass is 9.95. The molecule has 0 heterocycles. The zero-order valence-electron chi connectivity index (χ0n) is 14.5. The maximum absolute atomic E-state index is 12.2. The van der Waals surface area contributed by atoms with Crippen LogP contribution in [-0.2, 0) is 0 Å². The van der Waals surface area contributed by atoms with E-state index in [-0.39, 0.29) is 5.91 Å². The van der Waals surface area contributed by atoms with E-state index in [1.165, 1.54) is 44.9 Å². The van der Waals surface area contributed by atoms with E-state index in [0.717, 1.165) is 37.2 Å². The molecule has 1 fully saturated rings. The van der Waals surface area contributed by atoms with Crippen molar-refractivity contribution in [2.75, 3.05) is 6.61 Å². The molecule has 0 aromatic heterocycles. The highest BCUT2D eigenvalue weighted by atomic mass is 16.5. The number of rotatable bonds is 9. The van der Waals surface area contributed by atoms with Crippen LogP contribution in [0.3, 0.4) is 0 Å². The van der Waals surface area contributed by atoms with Gasteiger partial charge in [0.25, 0.3) is 5.91 Å². The second-order valence-electron chi connectivity index (χ2n) is 6.60. The van der Waals surface area contributed by atoms with Gasteiger partial charge in [-0.3, -0.25) is 4.79 Å². The van der Waals surface area contributed by atoms with E-state index in [9.17, 15) is 4.79 Å². The normalized spacial score (nSPS) is 15.3. The summed E-state index contributed by atoms with van der Waals surface area (Å²) in [5.74, 6) is 0.901. The first-order chi connectivity index (χ1) is 11.3. The van der Waals surface area contributed by atoms with Crippen molar-refractivity contribution >= 4 is 5.91 Å². The van der Waals surface area contributed by atoms with Crippen molar-refractivity contribution < 1.29 is 9.53 Å². The molecule has 0 unspecified atom stereocenters. The van der Waals surface area contributed by atoms with Crippen LogP contribution in [0.5, 0.6) is 5.75 Å². The van der Waals surface area contributed by atoms with E-state index in [1.807, 2.05) is 24.3 Å². The Morgan fingerprint density at radius 3 is 2.43 bits per heavy atom. The summed E-state index contributed by atoms with van der Waals surface area (Å²) in [6, 6.07) is 7.90. The smallest absolute Gasteiger partial charge is 0.251 e. The summed E-state index contributed by atoms with van der Waals surface area (Å²) >= 11 is 0. The lowest BCUT2D eigenvalue weighted by Gasteiger charge is -2.22. The predicted molar refractivity (Wildman–Crippen MR) is 95.0 cm³/mol. The van der Waals surface area contributed by atoms with E-state index in [4.69, 9.17) is 4.74 Å². The number of unbranched alkanes of at least 4 members (excludes halogenated alkanes) is 4. The molecule has 0 radical (unpaired) electrons. The minimum atomic E-state index is 0.0445. The zero-order valence-corrected chi connectivity index (χ0v) is 14.5. The molecular weight excluding hydrogens is 286 g/mol. The first-order valence-corrected chi connectivity index (χ1v) is 9.33. The Hall–Kier alpha value is -1.51. The average molecular weight is 317 g/mol. The zero-order chi connectivity index (χ0) is 16.3. The lowest BCUT2D eigenvalue weighted by molar-refractivity contribution is 0.0927. The third kappa shape index (κ3) is 6.64. The van der Waals surface area contributed by atoms with Crippen LogP contribution in [0.1, 0.15) is 81.5 Å². The molecule has 0 spiro atoms. The molecule has 1 aliphatic rings. The van der Waals surface area contributed by atoms with Gasteiger partial charge in [-0.25, -0.2) is 0 Å². The minimum Gasteiger partial charge on any atom is -0.494 e. The summed E-state index contributed by atoms with van der Waals surface area (Å²) < 4.78 is 5.74. The number of carbonyl (C=O) groups excluding carboxylic acids is 1. The maximum atomic E-state index is 12.2. The molecule has 128 valence electrons. The van der Waals surface area contributed by atoms with Crippen molar-refractivity contribution in [1.29, 1.82) is 0 Å².